The van der Waals surface area contributed by atoms with Gasteiger partial charge in [-0.25, -0.2) is 18.3 Å². The molecule has 154 valence electrons. The van der Waals surface area contributed by atoms with E-state index in [-0.39, 0.29) is 23.1 Å². The summed E-state index contributed by atoms with van der Waals surface area (Å²) < 4.78 is 43.4. The molecule has 0 heterocycles. The topological polar surface area (TPSA) is 97.4 Å². The average molecular weight is 489 g/mol. The lowest BCUT2D eigenvalue weighted by Crippen LogP contribution is -2.32. The largest absolute Gasteiger partial charge is 0.281 e. The Bertz CT molecular complexity index is 1130. The van der Waals surface area contributed by atoms with Gasteiger partial charge in [0, 0.05) is 17.6 Å². The quantitative estimate of drug-likeness (QED) is 0.266. The Labute approximate surface area is 182 Å². The van der Waals surface area contributed by atoms with E-state index in [0.717, 1.165) is 21.5 Å². The number of benzene rings is 3. The van der Waals surface area contributed by atoms with Crippen molar-refractivity contribution in [1.29, 1.82) is 10.9 Å². The van der Waals surface area contributed by atoms with Gasteiger partial charge in [0.15, 0.2) is 5.84 Å². The smallest absolute Gasteiger partial charge is 0.247 e. The third kappa shape index (κ3) is 4.69. The molecule has 3 rings (SSSR count). The maximum Gasteiger partial charge on any atom is 0.247 e. The summed E-state index contributed by atoms with van der Waals surface area (Å²) in [5.74, 6) is -1.66. The zero-order valence-corrected chi connectivity index (χ0v) is 18.1. The minimum absolute atomic E-state index is 0.00874. The zero-order chi connectivity index (χ0) is 21.7. The second-order valence-corrected chi connectivity index (χ2v) is 9.17. The fourth-order valence-electron chi connectivity index (χ4n) is 2.99. The van der Waals surface area contributed by atoms with Crippen molar-refractivity contribution >= 4 is 31.8 Å². The molecule has 0 saturated heterocycles. The van der Waals surface area contributed by atoms with Crippen molar-refractivity contribution in [2.24, 2.45) is 5.11 Å². The van der Waals surface area contributed by atoms with Crippen molar-refractivity contribution < 1.29 is 12.8 Å². The molecule has 30 heavy (non-hydrogen) atoms. The Morgan fingerprint density at radius 2 is 1.43 bits per heavy atom. The standard InChI is InChI=1S/C21H18BrFN4O2S/c22-17-11-12-18(23)20(19(17)21(24)26-25)30(28,29)27(13-15-7-3-1-4-8-15)14-16-9-5-2-6-10-16/h1-12,24-25H,13-14H2. The van der Waals surface area contributed by atoms with Crippen LogP contribution in [0, 0.1) is 16.8 Å². The molecule has 0 saturated carbocycles. The van der Waals surface area contributed by atoms with Gasteiger partial charge in [0.05, 0.1) is 5.56 Å². The second kappa shape index (κ2) is 9.38. The first-order valence-corrected chi connectivity index (χ1v) is 11.1. The van der Waals surface area contributed by atoms with Gasteiger partial charge in [0.2, 0.25) is 10.0 Å². The van der Waals surface area contributed by atoms with Gasteiger partial charge in [-0.1, -0.05) is 60.7 Å². The van der Waals surface area contributed by atoms with Crippen LogP contribution in [0.15, 0.2) is 87.3 Å². The Hall–Kier alpha value is -2.75. The van der Waals surface area contributed by atoms with E-state index in [9.17, 15) is 12.8 Å². The predicted molar refractivity (Wildman–Crippen MR) is 115 cm³/mol. The first-order valence-electron chi connectivity index (χ1n) is 8.87. The number of sulfonamides is 1. The molecule has 0 unspecified atom stereocenters. The Morgan fingerprint density at radius 3 is 1.90 bits per heavy atom. The summed E-state index contributed by atoms with van der Waals surface area (Å²) in [4.78, 5) is -0.676. The molecule has 0 bridgehead atoms. The van der Waals surface area contributed by atoms with Crippen molar-refractivity contribution in [2.45, 2.75) is 18.0 Å². The number of halogens is 2. The molecule has 0 fully saturated rings. The van der Waals surface area contributed by atoms with Crippen LogP contribution in [0.3, 0.4) is 0 Å². The lowest BCUT2D eigenvalue weighted by atomic mass is 10.2. The van der Waals surface area contributed by atoms with E-state index in [1.807, 2.05) is 12.1 Å². The highest BCUT2D eigenvalue weighted by Gasteiger charge is 2.33. The van der Waals surface area contributed by atoms with Crippen LogP contribution in [0.4, 0.5) is 4.39 Å². The van der Waals surface area contributed by atoms with Crippen LogP contribution in [0.2, 0.25) is 0 Å². The van der Waals surface area contributed by atoms with Crippen molar-refractivity contribution in [2.75, 3.05) is 0 Å². The van der Waals surface area contributed by atoms with Crippen LogP contribution in [0.5, 0.6) is 0 Å². The number of amidine groups is 1. The first kappa shape index (κ1) is 21.9. The zero-order valence-electron chi connectivity index (χ0n) is 15.7. The van der Waals surface area contributed by atoms with Gasteiger partial charge in [0.25, 0.3) is 0 Å². The summed E-state index contributed by atoms with van der Waals surface area (Å²) in [6.07, 6.45) is 0. The van der Waals surface area contributed by atoms with Gasteiger partial charge in [-0.3, -0.25) is 5.41 Å². The molecule has 0 aliphatic rings. The maximum atomic E-state index is 14.8. The van der Waals surface area contributed by atoms with E-state index in [0.29, 0.717) is 0 Å². The minimum Gasteiger partial charge on any atom is -0.281 e. The molecular weight excluding hydrogens is 471 g/mol. The SMILES string of the molecule is N=NC(=N)c1c(Br)ccc(F)c1S(=O)(=O)N(Cc1ccccc1)Cc1ccccc1. The van der Waals surface area contributed by atoms with Crippen LogP contribution in [-0.2, 0) is 23.1 Å². The summed E-state index contributed by atoms with van der Waals surface area (Å²) in [5, 5.41) is 10.9. The van der Waals surface area contributed by atoms with Crippen LogP contribution in [0.1, 0.15) is 16.7 Å². The Morgan fingerprint density at radius 1 is 0.933 bits per heavy atom. The van der Waals surface area contributed by atoms with Crippen LogP contribution in [0.25, 0.3) is 0 Å². The molecule has 0 amide bonds. The lowest BCUT2D eigenvalue weighted by molar-refractivity contribution is 0.397. The van der Waals surface area contributed by atoms with Gasteiger partial charge in [-0.15, -0.1) is 5.11 Å². The van der Waals surface area contributed by atoms with Gasteiger partial charge in [-0.2, -0.15) is 4.31 Å². The fourth-order valence-corrected chi connectivity index (χ4v) is 5.32. The second-order valence-electron chi connectivity index (χ2n) is 6.44. The van der Waals surface area contributed by atoms with E-state index in [2.05, 4.69) is 21.0 Å². The van der Waals surface area contributed by atoms with E-state index in [1.165, 1.54) is 6.07 Å². The van der Waals surface area contributed by atoms with Crippen molar-refractivity contribution in [3.63, 3.8) is 0 Å². The van der Waals surface area contributed by atoms with Gasteiger partial charge < -0.3 is 0 Å². The molecule has 0 spiro atoms. The Kier molecular flexibility index (Phi) is 6.86. The Balaban J connectivity index is 2.16. The molecule has 6 nitrogen and oxygen atoms in total. The molecule has 0 aromatic heterocycles. The molecule has 9 heteroatoms. The van der Waals surface area contributed by atoms with Crippen LogP contribution < -0.4 is 0 Å². The normalized spacial score (nSPS) is 11.4. The van der Waals surface area contributed by atoms with Crippen molar-refractivity contribution in [3.05, 3.63) is 99.8 Å². The minimum atomic E-state index is -4.39. The molecule has 3 aromatic carbocycles. The average Bonchev–Trinajstić information content (AvgIpc) is 2.75. The van der Waals surface area contributed by atoms with E-state index in [4.69, 9.17) is 10.9 Å². The van der Waals surface area contributed by atoms with E-state index in [1.54, 1.807) is 48.5 Å². The molecular formula is C21H18BrFN4O2S. The molecule has 0 aliphatic carbocycles. The number of hydrogen-bond donors (Lipinski definition) is 2. The van der Waals surface area contributed by atoms with Crippen molar-refractivity contribution in [1.82, 2.24) is 4.31 Å². The summed E-state index contributed by atoms with van der Waals surface area (Å²) in [5.41, 5.74) is 8.31. The fraction of sp³-hybridized carbons (Fsp3) is 0.0952. The summed E-state index contributed by atoms with van der Waals surface area (Å²) in [6, 6.07) is 20.3. The summed E-state index contributed by atoms with van der Waals surface area (Å²) >= 11 is 3.16. The maximum absolute atomic E-state index is 14.8. The summed E-state index contributed by atoms with van der Waals surface area (Å²) in [6.45, 7) is 0.0175. The van der Waals surface area contributed by atoms with E-state index >= 15 is 0 Å². The number of rotatable bonds is 7. The van der Waals surface area contributed by atoms with Gasteiger partial charge >= 0.3 is 0 Å². The van der Waals surface area contributed by atoms with Crippen LogP contribution in [-0.4, -0.2) is 18.6 Å². The number of nitrogens with zero attached hydrogens (tertiary/aromatic N) is 2. The van der Waals surface area contributed by atoms with Gasteiger partial charge in [0.1, 0.15) is 10.7 Å². The third-order valence-corrected chi connectivity index (χ3v) is 6.92. The highest BCUT2D eigenvalue weighted by Crippen LogP contribution is 2.31. The molecule has 0 aliphatic heterocycles. The van der Waals surface area contributed by atoms with E-state index < -0.39 is 26.6 Å². The molecule has 2 N–H and O–H groups in total. The highest BCUT2D eigenvalue weighted by molar-refractivity contribution is 9.10. The van der Waals surface area contributed by atoms with Gasteiger partial charge in [-0.05, 0) is 39.2 Å². The number of hydrogen-bond acceptors (Lipinski definition) is 4. The molecule has 0 atom stereocenters. The molecule has 0 radical (unpaired) electrons. The highest BCUT2D eigenvalue weighted by atomic mass is 79.9. The number of nitrogens with one attached hydrogen (secondary N) is 2. The predicted octanol–water partition coefficient (Wildman–Crippen LogP) is 5.34. The van der Waals surface area contributed by atoms with Crippen LogP contribution >= 0.6 is 15.9 Å². The summed E-state index contributed by atoms with van der Waals surface area (Å²) in [7, 11) is -4.39. The molecule has 3 aromatic rings. The lowest BCUT2D eigenvalue weighted by Gasteiger charge is -2.24. The monoisotopic (exact) mass is 488 g/mol. The first-order chi connectivity index (χ1) is 14.3. The third-order valence-electron chi connectivity index (χ3n) is 4.41. The van der Waals surface area contributed by atoms with Crippen molar-refractivity contribution in [3.8, 4) is 0 Å².